The summed E-state index contributed by atoms with van der Waals surface area (Å²) in [5, 5.41) is 8.49. The van der Waals surface area contributed by atoms with Crippen molar-refractivity contribution in [2.24, 2.45) is 5.73 Å². The zero-order valence-electron chi connectivity index (χ0n) is 8.14. The van der Waals surface area contributed by atoms with Crippen molar-refractivity contribution in [2.75, 3.05) is 26.7 Å². The molecule has 80 valence electrons. The number of aliphatic carboxylic acids is 1. The second-order valence-corrected chi connectivity index (χ2v) is 3.53. The number of carbonyl (C=O) groups is 2. The normalized spacial score (nSPS) is 21.0. The van der Waals surface area contributed by atoms with Gasteiger partial charge in [-0.3, -0.25) is 4.79 Å². The minimum Gasteiger partial charge on any atom is -0.480 e. The van der Waals surface area contributed by atoms with Gasteiger partial charge >= 0.3 is 12.0 Å². The molecule has 0 aliphatic carbocycles. The van der Waals surface area contributed by atoms with Gasteiger partial charge in [-0.25, -0.2) is 4.79 Å². The third kappa shape index (κ3) is 2.59. The van der Waals surface area contributed by atoms with Gasteiger partial charge in [-0.15, -0.1) is 0 Å². The van der Waals surface area contributed by atoms with Crippen LogP contribution in [0.3, 0.4) is 0 Å². The van der Waals surface area contributed by atoms with Crippen LogP contribution in [0.4, 0.5) is 4.79 Å². The van der Waals surface area contributed by atoms with Gasteiger partial charge < -0.3 is 20.6 Å². The summed E-state index contributed by atoms with van der Waals surface area (Å²) in [6.07, 6.45) is 0.784. The predicted octanol–water partition coefficient (Wildman–Crippen LogP) is -0.844. The summed E-state index contributed by atoms with van der Waals surface area (Å²) in [5.41, 5.74) is 5.64. The predicted molar refractivity (Wildman–Crippen MR) is 49.8 cm³/mol. The van der Waals surface area contributed by atoms with E-state index in [9.17, 15) is 9.59 Å². The number of carboxylic acids is 1. The summed E-state index contributed by atoms with van der Waals surface area (Å²) >= 11 is 0. The summed E-state index contributed by atoms with van der Waals surface area (Å²) in [4.78, 5) is 24.7. The Balaban J connectivity index is 2.44. The molecule has 2 amide bonds. The van der Waals surface area contributed by atoms with E-state index in [2.05, 4.69) is 0 Å². The first-order valence-corrected chi connectivity index (χ1v) is 4.48. The van der Waals surface area contributed by atoms with E-state index in [1.54, 1.807) is 4.90 Å². The summed E-state index contributed by atoms with van der Waals surface area (Å²) in [6, 6.07) is -0.238. The van der Waals surface area contributed by atoms with Crippen molar-refractivity contribution in [1.82, 2.24) is 9.80 Å². The van der Waals surface area contributed by atoms with Crippen LogP contribution in [0.15, 0.2) is 0 Å². The first-order valence-electron chi connectivity index (χ1n) is 4.48. The molecule has 1 rings (SSSR count). The van der Waals surface area contributed by atoms with E-state index in [4.69, 9.17) is 10.8 Å². The highest BCUT2D eigenvalue weighted by Gasteiger charge is 2.26. The van der Waals surface area contributed by atoms with Crippen LogP contribution in [0, 0.1) is 0 Å². The lowest BCUT2D eigenvalue weighted by atomic mass is 10.3. The molecule has 0 aromatic carbocycles. The number of likely N-dealkylation sites (tertiary alicyclic amines) is 1. The topological polar surface area (TPSA) is 86.9 Å². The SMILES string of the molecule is CN(CC(=O)O)C(=O)N1CCC(N)C1. The van der Waals surface area contributed by atoms with Crippen molar-refractivity contribution in [1.29, 1.82) is 0 Å². The monoisotopic (exact) mass is 201 g/mol. The molecule has 6 heteroatoms. The number of hydrogen-bond donors (Lipinski definition) is 2. The Kier molecular flexibility index (Phi) is 3.29. The lowest BCUT2D eigenvalue weighted by Crippen LogP contribution is -2.43. The van der Waals surface area contributed by atoms with Crippen LogP contribution >= 0.6 is 0 Å². The highest BCUT2D eigenvalue weighted by atomic mass is 16.4. The highest BCUT2D eigenvalue weighted by Crippen LogP contribution is 2.08. The van der Waals surface area contributed by atoms with Crippen molar-refractivity contribution in [3.8, 4) is 0 Å². The number of hydrogen-bond acceptors (Lipinski definition) is 3. The van der Waals surface area contributed by atoms with Crippen LogP contribution in [-0.4, -0.2) is 59.6 Å². The molecule has 14 heavy (non-hydrogen) atoms. The molecule has 1 heterocycles. The Hall–Kier alpha value is -1.30. The zero-order chi connectivity index (χ0) is 10.7. The minimum atomic E-state index is -1.01. The van der Waals surface area contributed by atoms with Gasteiger partial charge in [-0.2, -0.15) is 0 Å². The van der Waals surface area contributed by atoms with Crippen LogP contribution in [-0.2, 0) is 4.79 Å². The van der Waals surface area contributed by atoms with E-state index >= 15 is 0 Å². The molecule has 1 fully saturated rings. The van der Waals surface area contributed by atoms with E-state index in [0.717, 1.165) is 6.42 Å². The molecule has 1 saturated heterocycles. The maximum absolute atomic E-state index is 11.6. The number of carbonyl (C=O) groups excluding carboxylic acids is 1. The Morgan fingerprint density at radius 3 is 2.71 bits per heavy atom. The zero-order valence-corrected chi connectivity index (χ0v) is 8.14. The van der Waals surface area contributed by atoms with Gasteiger partial charge in [0, 0.05) is 26.2 Å². The molecule has 0 aromatic heterocycles. The van der Waals surface area contributed by atoms with Gasteiger partial charge in [0.15, 0.2) is 0 Å². The number of carboxylic acid groups (broad SMARTS) is 1. The van der Waals surface area contributed by atoms with Crippen LogP contribution in [0.2, 0.25) is 0 Å². The second kappa shape index (κ2) is 4.28. The molecule has 6 nitrogen and oxygen atoms in total. The number of nitrogens with two attached hydrogens (primary N) is 1. The molecule has 1 atom stereocenters. The van der Waals surface area contributed by atoms with E-state index in [-0.39, 0.29) is 18.6 Å². The van der Waals surface area contributed by atoms with Crippen LogP contribution < -0.4 is 5.73 Å². The molecule has 0 saturated carbocycles. The van der Waals surface area contributed by atoms with Crippen molar-refractivity contribution < 1.29 is 14.7 Å². The summed E-state index contributed by atoms with van der Waals surface area (Å²) < 4.78 is 0. The quantitative estimate of drug-likeness (QED) is 0.609. The van der Waals surface area contributed by atoms with Crippen molar-refractivity contribution in [2.45, 2.75) is 12.5 Å². The largest absolute Gasteiger partial charge is 0.480 e. The van der Waals surface area contributed by atoms with Gasteiger partial charge in [0.1, 0.15) is 6.54 Å². The smallest absolute Gasteiger partial charge is 0.323 e. The Bertz CT molecular complexity index is 244. The molecule has 0 spiro atoms. The Labute approximate surface area is 82.3 Å². The molecule has 3 N–H and O–H groups in total. The van der Waals surface area contributed by atoms with Crippen LogP contribution in [0.1, 0.15) is 6.42 Å². The highest BCUT2D eigenvalue weighted by molar-refractivity contribution is 5.80. The lowest BCUT2D eigenvalue weighted by Gasteiger charge is -2.22. The molecular formula is C8H15N3O3. The number of likely N-dealkylation sites (N-methyl/N-ethyl adjacent to an activating group) is 1. The van der Waals surface area contributed by atoms with Gasteiger partial charge in [0.05, 0.1) is 0 Å². The molecule has 1 aliphatic heterocycles. The first-order chi connectivity index (χ1) is 6.50. The fraction of sp³-hybridized carbons (Fsp3) is 0.750. The molecule has 1 unspecified atom stereocenters. The molecular weight excluding hydrogens is 186 g/mol. The van der Waals surface area contributed by atoms with Crippen molar-refractivity contribution >= 4 is 12.0 Å². The maximum Gasteiger partial charge on any atom is 0.323 e. The van der Waals surface area contributed by atoms with Crippen molar-refractivity contribution in [3.63, 3.8) is 0 Å². The van der Waals surface area contributed by atoms with Gasteiger partial charge in [0.25, 0.3) is 0 Å². The fourth-order valence-corrected chi connectivity index (χ4v) is 1.47. The number of nitrogens with zero attached hydrogens (tertiary/aromatic N) is 2. The molecule has 0 bridgehead atoms. The third-order valence-corrected chi connectivity index (χ3v) is 2.19. The number of amides is 2. The second-order valence-electron chi connectivity index (χ2n) is 3.53. The molecule has 1 aliphatic rings. The average molecular weight is 201 g/mol. The molecule has 0 radical (unpaired) electrons. The van der Waals surface area contributed by atoms with E-state index in [1.165, 1.54) is 11.9 Å². The summed E-state index contributed by atoms with van der Waals surface area (Å²) in [6.45, 7) is 0.858. The van der Waals surface area contributed by atoms with Crippen LogP contribution in [0.25, 0.3) is 0 Å². The van der Waals surface area contributed by atoms with Gasteiger partial charge in [-0.1, -0.05) is 0 Å². The maximum atomic E-state index is 11.6. The Morgan fingerprint density at radius 2 is 2.29 bits per heavy atom. The van der Waals surface area contributed by atoms with Gasteiger partial charge in [-0.05, 0) is 6.42 Å². The molecule has 0 aromatic rings. The van der Waals surface area contributed by atoms with E-state index in [1.807, 2.05) is 0 Å². The number of urea groups is 1. The fourth-order valence-electron chi connectivity index (χ4n) is 1.47. The standard InChI is InChI=1S/C8H15N3O3/c1-10(5-7(12)13)8(14)11-3-2-6(9)4-11/h6H,2-5,9H2,1H3,(H,12,13). The number of rotatable bonds is 2. The van der Waals surface area contributed by atoms with Gasteiger partial charge in [0.2, 0.25) is 0 Å². The minimum absolute atomic E-state index is 0.0252. The van der Waals surface area contributed by atoms with E-state index in [0.29, 0.717) is 13.1 Å². The first kappa shape index (κ1) is 10.8. The van der Waals surface area contributed by atoms with Crippen LogP contribution in [0.5, 0.6) is 0 Å². The Morgan fingerprint density at radius 1 is 1.64 bits per heavy atom. The average Bonchev–Trinajstić information content (AvgIpc) is 2.49. The lowest BCUT2D eigenvalue weighted by molar-refractivity contribution is -0.137. The van der Waals surface area contributed by atoms with E-state index < -0.39 is 5.97 Å². The summed E-state index contributed by atoms with van der Waals surface area (Å²) in [7, 11) is 1.47. The third-order valence-electron chi connectivity index (χ3n) is 2.19. The summed E-state index contributed by atoms with van der Waals surface area (Å²) in [5.74, 6) is -1.01. The van der Waals surface area contributed by atoms with Crippen molar-refractivity contribution in [3.05, 3.63) is 0 Å².